The topological polar surface area (TPSA) is 93.1 Å². The first-order valence-corrected chi connectivity index (χ1v) is 10.7. The van der Waals surface area contributed by atoms with Crippen molar-refractivity contribution in [3.63, 3.8) is 0 Å². The first-order chi connectivity index (χ1) is 14.5. The van der Waals surface area contributed by atoms with Gasteiger partial charge in [0.1, 0.15) is 0 Å². The second kappa shape index (κ2) is 8.23. The molecule has 0 saturated carbocycles. The minimum absolute atomic E-state index is 0.234. The van der Waals surface area contributed by atoms with Crippen molar-refractivity contribution in [1.29, 1.82) is 0 Å². The van der Waals surface area contributed by atoms with Crippen LogP contribution in [0.1, 0.15) is 54.7 Å². The maximum Gasteiger partial charge on any atom is 0.310 e. The third kappa shape index (κ3) is 3.78. The Labute approximate surface area is 178 Å². The van der Waals surface area contributed by atoms with Crippen LogP contribution in [0.2, 0.25) is 0 Å². The van der Waals surface area contributed by atoms with Crippen molar-refractivity contribution in [2.24, 2.45) is 0 Å². The number of fused-ring (bicyclic) bond motifs is 1. The van der Waals surface area contributed by atoms with E-state index in [1.165, 1.54) is 21.8 Å². The number of hydrogen-bond acceptors (Lipinski definition) is 5. The molecule has 1 aliphatic carbocycles. The largest absolute Gasteiger partial charge is 0.310 e. The number of aryl methyl sites for hydroxylation is 3. The molecule has 8 heteroatoms. The summed E-state index contributed by atoms with van der Waals surface area (Å²) in [5.74, 6) is -2.05. The fourth-order valence-corrected chi connectivity index (χ4v) is 4.89. The highest BCUT2D eigenvalue weighted by Gasteiger charge is 2.26. The van der Waals surface area contributed by atoms with E-state index in [-0.39, 0.29) is 5.56 Å². The van der Waals surface area contributed by atoms with Crippen LogP contribution in [-0.2, 0) is 17.6 Å². The number of thiophene rings is 1. The van der Waals surface area contributed by atoms with Gasteiger partial charge in [-0.05, 0) is 63.3 Å². The maximum absolute atomic E-state index is 12.7. The predicted molar refractivity (Wildman–Crippen MR) is 114 cm³/mol. The van der Waals surface area contributed by atoms with Crippen LogP contribution in [0.3, 0.4) is 0 Å². The molecule has 0 saturated heterocycles. The van der Waals surface area contributed by atoms with Gasteiger partial charge in [-0.3, -0.25) is 25.2 Å². The van der Waals surface area contributed by atoms with Crippen LogP contribution in [0, 0.1) is 13.8 Å². The number of nitrogens with zero attached hydrogens (tertiary/aromatic N) is 2. The fourth-order valence-electron chi connectivity index (χ4n) is 3.74. The number of hydrogen-bond donors (Lipinski definition) is 2. The molecule has 2 amide bonds. The summed E-state index contributed by atoms with van der Waals surface area (Å²) in [5.41, 5.74) is 7.86. The smallest absolute Gasteiger partial charge is 0.283 e. The van der Waals surface area contributed by atoms with Crippen molar-refractivity contribution >= 4 is 28.9 Å². The second-order valence-corrected chi connectivity index (χ2v) is 8.43. The molecule has 1 aliphatic rings. The molecule has 7 nitrogen and oxygen atoms in total. The Morgan fingerprint density at radius 2 is 1.77 bits per heavy atom. The lowest BCUT2D eigenvalue weighted by Crippen LogP contribution is -2.44. The molecule has 2 aromatic heterocycles. The number of rotatable bonds is 4. The van der Waals surface area contributed by atoms with Crippen LogP contribution in [-0.4, -0.2) is 27.4 Å². The molecule has 0 bridgehead atoms. The summed E-state index contributed by atoms with van der Waals surface area (Å²) in [5, 5.41) is 4.39. The van der Waals surface area contributed by atoms with E-state index in [9.17, 15) is 14.4 Å². The van der Waals surface area contributed by atoms with Crippen molar-refractivity contribution in [3.8, 4) is 5.69 Å². The zero-order valence-electron chi connectivity index (χ0n) is 16.8. The number of carbonyl (C=O) groups excluding carboxylic acids is 3. The molecule has 0 fully saturated rings. The summed E-state index contributed by atoms with van der Waals surface area (Å²) in [6.45, 7) is 3.42. The molecule has 0 aliphatic heterocycles. The lowest BCUT2D eigenvalue weighted by atomic mass is 9.99. The summed E-state index contributed by atoms with van der Waals surface area (Å²) in [7, 11) is 0. The highest BCUT2D eigenvalue weighted by atomic mass is 32.1. The summed E-state index contributed by atoms with van der Waals surface area (Å²) < 4.78 is 1.63. The van der Waals surface area contributed by atoms with Gasteiger partial charge >= 0.3 is 5.91 Å². The van der Waals surface area contributed by atoms with E-state index in [1.54, 1.807) is 18.5 Å². The highest BCUT2D eigenvalue weighted by Crippen LogP contribution is 2.29. The third-order valence-electron chi connectivity index (χ3n) is 5.24. The van der Waals surface area contributed by atoms with Crippen LogP contribution in [0.4, 0.5) is 0 Å². The molecule has 3 aromatic rings. The van der Waals surface area contributed by atoms with Gasteiger partial charge in [-0.15, -0.1) is 11.3 Å². The molecule has 4 rings (SSSR count). The van der Waals surface area contributed by atoms with Gasteiger partial charge in [0.15, 0.2) is 0 Å². The Morgan fingerprint density at radius 3 is 2.50 bits per heavy atom. The van der Waals surface area contributed by atoms with Crippen molar-refractivity contribution in [2.45, 2.75) is 39.5 Å². The van der Waals surface area contributed by atoms with Gasteiger partial charge in [0.05, 0.1) is 27.5 Å². The molecule has 2 heterocycles. The molecule has 30 heavy (non-hydrogen) atoms. The van der Waals surface area contributed by atoms with Gasteiger partial charge in [0.25, 0.3) is 11.7 Å². The number of amides is 2. The van der Waals surface area contributed by atoms with Gasteiger partial charge in [-0.25, -0.2) is 4.68 Å². The molecular weight excluding hydrogens is 400 g/mol. The van der Waals surface area contributed by atoms with E-state index in [1.807, 2.05) is 36.4 Å². The molecule has 2 N–H and O–H groups in total. The Balaban J connectivity index is 1.45. The summed E-state index contributed by atoms with van der Waals surface area (Å²) in [6, 6.07) is 11.3. The van der Waals surface area contributed by atoms with Crippen molar-refractivity contribution < 1.29 is 14.4 Å². The van der Waals surface area contributed by atoms with E-state index < -0.39 is 17.6 Å². The normalized spacial score (nSPS) is 12.9. The number of Topliss-reactive ketones (excluding diaryl/α,β-unsaturated/α-hetero) is 1. The quantitative estimate of drug-likeness (QED) is 0.384. The average molecular weight is 423 g/mol. The fraction of sp³-hybridized carbons (Fsp3) is 0.273. The van der Waals surface area contributed by atoms with E-state index in [0.29, 0.717) is 16.3 Å². The lowest BCUT2D eigenvalue weighted by Gasteiger charge is -2.08. The number of nitrogens with one attached hydrogen (secondary N) is 2. The van der Waals surface area contributed by atoms with Crippen LogP contribution < -0.4 is 10.9 Å². The van der Waals surface area contributed by atoms with Gasteiger partial charge in [0.2, 0.25) is 0 Å². The van der Waals surface area contributed by atoms with E-state index in [0.717, 1.165) is 31.4 Å². The minimum Gasteiger partial charge on any atom is -0.283 e. The van der Waals surface area contributed by atoms with Crippen LogP contribution in [0.25, 0.3) is 5.69 Å². The van der Waals surface area contributed by atoms with Crippen LogP contribution >= 0.6 is 11.3 Å². The number of aromatic nitrogens is 2. The maximum atomic E-state index is 12.7. The highest BCUT2D eigenvalue weighted by molar-refractivity contribution is 7.14. The van der Waals surface area contributed by atoms with Gasteiger partial charge in [-0.1, -0.05) is 18.2 Å². The van der Waals surface area contributed by atoms with E-state index in [2.05, 4.69) is 16.0 Å². The van der Waals surface area contributed by atoms with E-state index >= 15 is 0 Å². The monoisotopic (exact) mass is 422 g/mol. The summed E-state index contributed by atoms with van der Waals surface area (Å²) in [6.07, 6.45) is 4.23. The average Bonchev–Trinajstić information content (AvgIpc) is 3.32. The molecule has 0 spiro atoms. The van der Waals surface area contributed by atoms with Crippen molar-refractivity contribution in [1.82, 2.24) is 20.6 Å². The van der Waals surface area contributed by atoms with Gasteiger partial charge in [0, 0.05) is 4.88 Å². The Kier molecular flexibility index (Phi) is 5.50. The third-order valence-corrected chi connectivity index (χ3v) is 6.47. The van der Waals surface area contributed by atoms with Gasteiger partial charge < -0.3 is 0 Å². The zero-order chi connectivity index (χ0) is 21.3. The number of para-hydroxylation sites is 1. The van der Waals surface area contributed by atoms with Crippen LogP contribution in [0.5, 0.6) is 0 Å². The van der Waals surface area contributed by atoms with Crippen molar-refractivity contribution in [2.75, 3.05) is 0 Å². The SMILES string of the molecule is Cc1nn(-c2ccccc2)c(C)c1C(=O)C(=O)NNC(=O)c1cc2c(s1)CCCC2. The van der Waals surface area contributed by atoms with Crippen LogP contribution in [0.15, 0.2) is 36.4 Å². The zero-order valence-corrected chi connectivity index (χ0v) is 17.6. The first-order valence-electron chi connectivity index (χ1n) is 9.84. The van der Waals surface area contributed by atoms with Crippen molar-refractivity contribution in [3.05, 3.63) is 68.7 Å². The number of carbonyl (C=O) groups is 3. The minimum atomic E-state index is -0.900. The summed E-state index contributed by atoms with van der Waals surface area (Å²) >= 11 is 1.44. The molecular formula is C22H22N4O3S. The van der Waals surface area contributed by atoms with E-state index in [4.69, 9.17) is 0 Å². The first kappa shape index (κ1) is 20.0. The Morgan fingerprint density at radius 1 is 1.03 bits per heavy atom. The molecule has 1 aromatic carbocycles. The standard InChI is InChI=1S/C22H22N4O3S/c1-13-19(14(2)26(25-13)16-9-4-3-5-10-16)20(27)22(29)24-23-21(28)18-12-15-8-6-7-11-17(15)30-18/h3-5,9-10,12H,6-8,11H2,1-2H3,(H,23,28)(H,24,29). The molecule has 154 valence electrons. The molecule has 0 unspecified atom stereocenters. The van der Waals surface area contributed by atoms with Gasteiger partial charge in [-0.2, -0.15) is 5.10 Å². The Bertz CT molecular complexity index is 1110. The number of ketones is 1. The summed E-state index contributed by atoms with van der Waals surface area (Å²) in [4.78, 5) is 39.3. The molecule has 0 radical (unpaired) electrons. The molecule has 0 atom stereocenters. The number of benzene rings is 1. The lowest BCUT2D eigenvalue weighted by molar-refractivity contribution is -0.117. The predicted octanol–water partition coefficient (Wildman–Crippen LogP) is 3.07. The second-order valence-electron chi connectivity index (χ2n) is 7.30. The Hall–Kier alpha value is -3.26. The number of hydrazine groups is 1.